The number of esters is 1. The van der Waals surface area contributed by atoms with Crippen molar-refractivity contribution >= 4 is 11.8 Å². The van der Waals surface area contributed by atoms with Gasteiger partial charge in [0.1, 0.15) is 5.82 Å². The van der Waals surface area contributed by atoms with Gasteiger partial charge in [0.2, 0.25) is 0 Å². The first kappa shape index (κ1) is 15.4. The standard InChI is InChI=1S/C14H23N3O2/c1-4-14(5-2,10-15)17-12-8-7-11(9-16-12)13(18)19-6-3/h7-9H,4-6,10,15H2,1-3H3,(H,16,17). The number of carbonyl (C=O) groups is 1. The molecule has 0 aliphatic heterocycles. The van der Waals surface area contributed by atoms with Crippen LogP contribution in [0.3, 0.4) is 0 Å². The number of anilines is 1. The molecule has 0 spiro atoms. The topological polar surface area (TPSA) is 77.2 Å². The Bertz CT molecular complexity index is 391. The largest absolute Gasteiger partial charge is 0.462 e. The average Bonchev–Trinajstić information content (AvgIpc) is 2.46. The van der Waals surface area contributed by atoms with Gasteiger partial charge in [0, 0.05) is 12.7 Å². The zero-order valence-corrected chi connectivity index (χ0v) is 11.9. The van der Waals surface area contributed by atoms with Crippen molar-refractivity contribution < 1.29 is 9.53 Å². The molecular weight excluding hydrogens is 242 g/mol. The van der Waals surface area contributed by atoms with Gasteiger partial charge in [-0.1, -0.05) is 13.8 Å². The first-order valence-corrected chi connectivity index (χ1v) is 6.72. The molecule has 0 aliphatic rings. The highest BCUT2D eigenvalue weighted by atomic mass is 16.5. The molecule has 0 saturated carbocycles. The molecule has 19 heavy (non-hydrogen) atoms. The number of pyridine rings is 1. The van der Waals surface area contributed by atoms with E-state index in [2.05, 4.69) is 24.1 Å². The molecule has 1 aromatic heterocycles. The Labute approximate surface area is 114 Å². The fraction of sp³-hybridized carbons (Fsp3) is 0.571. The fourth-order valence-corrected chi connectivity index (χ4v) is 1.84. The summed E-state index contributed by atoms with van der Waals surface area (Å²) in [5.41, 5.74) is 6.15. The van der Waals surface area contributed by atoms with Crippen LogP contribution < -0.4 is 11.1 Å². The van der Waals surface area contributed by atoms with Gasteiger partial charge in [0.05, 0.1) is 17.7 Å². The minimum Gasteiger partial charge on any atom is -0.462 e. The van der Waals surface area contributed by atoms with E-state index in [1.165, 1.54) is 6.20 Å². The van der Waals surface area contributed by atoms with E-state index in [1.54, 1.807) is 19.1 Å². The van der Waals surface area contributed by atoms with Crippen LogP contribution in [0.4, 0.5) is 5.82 Å². The Morgan fingerprint density at radius 2 is 2.05 bits per heavy atom. The number of carbonyl (C=O) groups excluding carboxylic acids is 1. The molecule has 5 heteroatoms. The molecule has 0 bridgehead atoms. The number of hydrogen-bond acceptors (Lipinski definition) is 5. The molecule has 0 amide bonds. The quantitative estimate of drug-likeness (QED) is 0.739. The van der Waals surface area contributed by atoms with Crippen LogP contribution in [-0.2, 0) is 4.74 Å². The first-order chi connectivity index (χ1) is 9.10. The smallest absolute Gasteiger partial charge is 0.339 e. The summed E-state index contributed by atoms with van der Waals surface area (Å²) in [6.45, 7) is 6.87. The van der Waals surface area contributed by atoms with E-state index in [0.29, 0.717) is 18.7 Å². The Kier molecular flexibility index (Phi) is 5.76. The average molecular weight is 265 g/mol. The van der Waals surface area contributed by atoms with Gasteiger partial charge in [0.25, 0.3) is 0 Å². The highest BCUT2D eigenvalue weighted by Crippen LogP contribution is 2.20. The molecule has 0 atom stereocenters. The van der Waals surface area contributed by atoms with Crippen molar-refractivity contribution in [3.05, 3.63) is 23.9 Å². The molecule has 0 aromatic carbocycles. The minimum absolute atomic E-state index is 0.140. The number of rotatable bonds is 7. The molecule has 1 rings (SSSR count). The summed E-state index contributed by atoms with van der Waals surface area (Å²) in [5.74, 6) is 0.375. The molecule has 0 fully saturated rings. The second-order valence-corrected chi connectivity index (χ2v) is 4.47. The lowest BCUT2D eigenvalue weighted by atomic mass is 9.93. The van der Waals surface area contributed by atoms with Gasteiger partial charge in [-0.25, -0.2) is 9.78 Å². The molecule has 0 radical (unpaired) electrons. The van der Waals surface area contributed by atoms with Gasteiger partial charge in [-0.15, -0.1) is 0 Å². The summed E-state index contributed by atoms with van der Waals surface area (Å²) < 4.78 is 4.91. The van der Waals surface area contributed by atoms with Gasteiger partial charge in [0.15, 0.2) is 0 Å². The summed E-state index contributed by atoms with van der Waals surface area (Å²) in [6, 6.07) is 3.49. The van der Waals surface area contributed by atoms with E-state index in [1.807, 2.05) is 0 Å². The van der Waals surface area contributed by atoms with Crippen molar-refractivity contribution in [1.29, 1.82) is 0 Å². The Hall–Kier alpha value is -1.62. The third-order valence-electron chi connectivity index (χ3n) is 3.41. The normalized spacial score (nSPS) is 11.2. The van der Waals surface area contributed by atoms with Crippen LogP contribution in [0.15, 0.2) is 18.3 Å². The number of nitrogens with two attached hydrogens (primary N) is 1. The van der Waals surface area contributed by atoms with Crippen LogP contribution in [0, 0.1) is 0 Å². The van der Waals surface area contributed by atoms with Crippen molar-refractivity contribution in [2.45, 2.75) is 39.2 Å². The maximum atomic E-state index is 11.5. The third-order valence-corrected chi connectivity index (χ3v) is 3.41. The second-order valence-electron chi connectivity index (χ2n) is 4.47. The molecule has 106 valence electrons. The lowest BCUT2D eigenvalue weighted by Crippen LogP contribution is -2.44. The first-order valence-electron chi connectivity index (χ1n) is 6.72. The van der Waals surface area contributed by atoms with Crippen molar-refractivity contribution in [3.63, 3.8) is 0 Å². The van der Waals surface area contributed by atoms with Crippen molar-refractivity contribution in [1.82, 2.24) is 4.98 Å². The Balaban J connectivity index is 2.79. The molecule has 0 unspecified atom stereocenters. The molecule has 1 heterocycles. The van der Waals surface area contributed by atoms with E-state index >= 15 is 0 Å². The Morgan fingerprint density at radius 1 is 1.37 bits per heavy atom. The van der Waals surface area contributed by atoms with Crippen molar-refractivity contribution in [2.24, 2.45) is 5.73 Å². The third kappa shape index (κ3) is 3.92. The summed E-state index contributed by atoms with van der Waals surface area (Å²) in [5, 5.41) is 3.35. The van der Waals surface area contributed by atoms with Crippen molar-refractivity contribution in [2.75, 3.05) is 18.5 Å². The van der Waals surface area contributed by atoms with Gasteiger partial charge in [-0.3, -0.25) is 0 Å². The van der Waals surface area contributed by atoms with Crippen LogP contribution in [0.1, 0.15) is 44.0 Å². The fourth-order valence-electron chi connectivity index (χ4n) is 1.84. The van der Waals surface area contributed by atoms with E-state index in [0.717, 1.165) is 18.7 Å². The monoisotopic (exact) mass is 265 g/mol. The number of ether oxygens (including phenoxy) is 1. The minimum atomic E-state index is -0.349. The number of hydrogen-bond donors (Lipinski definition) is 2. The number of aromatic nitrogens is 1. The lowest BCUT2D eigenvalue weighted by Gasteiger charge is -2.32. The van der Waals surface area contributed by atoms with Crippen LogP contribution in [-0.4, -0.2) is 29.6 Å². The number of nitrogens with one attached hydrogen (secondary N) is 1. The predicted octanol–water partition coefficient (Wildman–Crippen LogP) is 2.19. The molecule has 5 nitrogen and oxygen atoms in total. The maximum absolute atomic E-state index is 11.5. The lowest BCUT2D eigenvalue weighted by molar-refractivity contribution is 0.0526. The van der Waals surface area contributed by atoms with Gasteiger partial charge in [-0.2, -0.15) is 0 Å². The van der Waals surface area contributed by atoms with E-state index in [9.17, 15) is 4.79 Å². The summed E-state index contributed by atoms with van der Waals surface area (Å²) >= 11 is 0. The van der Waals surface area contributed by atoms with Crippen LogP contribution in [0.5, 0.6) is 0 Å². The molecular formula is C14H23N3O2. The Morgan fingerprint density at radius 3 is 2.47 bits per heavy atom. The SMILES string of the molecule is CCOC(=O)c1ccc(NC(CC)(CC)CN)nc1. The molecule has 1 aromatic rings. The van der Waals surface area contributed by atoms with Gasteiger partial charge >= 0.3 is 5.97 Å². The zero-order valence-electron chi connectivity index (χ0n) is 11.9. The van der Waals surface area contributed by atoms with Crippen LogP contribution >= 0.6 is 0 Å². The van der Waals surface area contributed by atoms with Crippen LogP contribution in [0.25, 0.3) is 0 Å². The molecule has 0 saturated heterocycles. The van der Waals surface area contributed by atoms with E-state index in [-0.39, 0.29) is 11.5 Å². The summed E-state index contributed by atoms with van der Waals surface area (Å²) in [7, 11) is 0. The summed E-state index contributed by atoms with van der Waals surface area (Å²) in [4.78, 5) is 15.8. The van der Waals surface area contributed by atoms with E-state index < -0.39 is 0 Å². The summed E-state index contributed by atoms with van der Waals surface area (Å²) in [6.07, 6.45) is 3.36. The second kappa shape index (κ2) is 7.09. The van der Waals surface area contributed by atoms with Gasteiger partial charge in [-0.05, 0) is 31.9 Å². The van der Waals surface area contributed by atoms with Crippen LogP contribution in [0.2, 0.25) is 0 Å². The predicted molar refractivity (Wildman–Crippen MR) is 76.2 cm³/mol. The maximum Gasteiger partial charge on any atom is 0.339 e. The van der Waals surface area contributed by atoms with E-state index in [4.69, 9.17) is 10.5 Å². The van der Waals surface area contributed by atoms with Crippen molar-refractivity contribution in [3.8, 4) is 0 Å². The number of nitrogens with zero attached hydrogens (tertiary/aromatic N) is 1. The molecule has 0 aliphatic carbocycles. The highest BCUT2D eigenvalue weighted by Gasteiger charge is 2.24. The van der Waals surface area contributed by atoms with Gasteiger partial charge < -0.3 is 15.8 Å². The highest BCUT2D eigenvalue weighted by molar-refractivity contribution is 5.89. The molecule has 3 N–H and O–H groups in total. The zero-order chi connectivity index (χ0) is 14.3.